The quantitative estimate of drug-likeness (QED) is 0.587. The first-order valence-corrected chi connectivity index (χ1v) is 9.68. The minimum Gasteiger partial charge on any atom is -0.399 e. The van der Waals surface area contributed by atoms with Crippen LogP contribution in [0.5, 0.6) is 0 Å². The van der Waals surface area contributed by atoms with Gasteiger partial charge in [-0.05, 0) is 61.6 Å². The average molecular weight is 394 g/mol. The molecule has 144 valence electrons. The maximum Gasteiger partial charge on any atom is 0.102 e. The lowest BCUT2D eigenvalue weighted by Crippen LogP contribution is -2.05. The van der Waals surface area contributed by atoms with Crippen molar-refractivity contribution in [3.63, 3.8) is 0 Å². The SMILES string of the molecule is Cc1c(C#N)c(-c2ccc(N)cc2)c(C)n1Cc1ccc(Cl)c(CCCO)c1. The average Bonchev–Trinajstić information content (AvgIpc) is 2.93. The highest BCUT2D eigenvalue weighted by atomic mass is 35.5. The molecule has 28 heavy (non-hydrogen) atoms. The number of aromatic nitrogens is 1. The number of aryl methyl sites for hydroxylation is 1. The molecule has 3 rings (SSSR count). The van der Waals surface area contributed by atoms with Gasteiger partial charge in [0.25, 0.3) is 0 Å². The van der Waals surface area contributed by atoms with Crippen LogP contribution in [0.25, 0.3) is 11.1 Å². The highest BCUT2D eigenvalue weighted by Crippen LogP contribution is 2.33. The monoisotopic (exact) mass is 393 g/mol. The summed E-state index contributed by atoms with van der Waals surface area (Å²) < 4.78 is 2.17. The van der Waals surface area contributed by atoms with Gasteiger partial charge in [-0.3, -0.25) is 0 Å². The second-order valence-electron chi connectivity index (χ2n) is 6.99. The fourth-order valence-corrected chi connectivity index (χ4v) is 3.84. The van der Waals surface area contributed by atoms with Gasteiger partial charge in [-0.2, -0.15) is 5.26 Å². The molecule has 0 atom stereocenters. The highest BCUT2D eigenvalue weighted by molar-refractivity contribution is 6.31. The summed E-state index contributed by atoms with van der Waals surface area (Å²) in [6, 6.07) is 16.0. The van der Waals surface area contributed by atoms with Crippen molar-refractivity contribution < 1.29 is 5.11 Å². The molecule has 3 aromatic rings. The molecule has 4 nitrogen and oxygen atoms in total. The number of aliphatic hydroxyl groups excluding tert-OH is 1. The van der Waals surface area contributed by atoms with Crippen LogP contribution in [0.3, 0.4) is 0 Å². The number of nitrogens with two attached hydrogens (primary N) is 1. The molecule has 5 heteroatoms. The minimum absolute atomic E-state index is 0.146. The van der Waals surface area contributed by atoms with Crippen LogP contribution < -0.4 is 5.73 Å². The first kappa shape index (κ1) is 20.0. The Hall–Kier alpha value is -2.74. The van der Waals surface area contributed by atoms with Gasteiger partial charge >= 0.3 is 0 Å². The summed E-state index contributed by atoms with van der Waals surface area (Å²) in [5, 5.41) is 19.6. The normalized spacial score (nSPS) is 10.8. The van der Waals surface area contributed by atoms with Crippen LogP contribution in [0.15, 0.2) is 42.5 Å². The van der Waals surface area contributed by atoms with Crippen molar-refractivity contribution in [3.05, 3.63) is 75.6 Å². The Morgan fingerprint density at radius 1 is 1.11 bits per heavy atom. The fourth-order valence-electron chi connectivity index (χ4n) is 3.63. The number of halogens is 1. The number of rotatable bonds is 6. The molecule has 0 bridgehead atoms. The zero-order valence-electron chi connectivity index (χ0n) is 16.2. The lowest BCUT2D eigenvalue weighted by molar-refractivity contribution is 0.288. The number of hydrogen-bond donors (Lipinski definition) is 2. The van der Waals surface area contributed by atoms with E-state index in [2.05, 4.69) is 16.7 Å². The number of hydrogen-bond acceptors (Lipinski definition) is 3. The van der Waals surface area contributed by atoms with E-state index in [9.17, 15) is 5.26 Å². The van der Waals surface area contributed by atoms with Crippen LogP contribution in [-0.4, -0.2) is 16.3 Å². The predicted octanol–water partition coefficient (Wildman–Crippen LogP) is 4.85. The summed E-state index contributed by atoms with van der Waals surface area (Å²) >= 11 is 6.30. The summed E-state index contributed by atoms with van der Waals surface area (Å²) in [4.78, 5) is 0. The summed E-state index contributed by atoms with van der Waals surface area (Å²) in [6.07, 6.45) is 1.43. The van der Waals surface area contributed by atoms with Gasteiger partial charge in [0, 0.05) is 40.8 Å². The van der Waals surface area contributed by atoms with E-state index in [0.717, 1.165) is 45.1 Å². The van der Waals surface area contributed by atoms with Crippen molar-refractivity contribution in [1.29, 1.82) is 5.26 Å². The molecule has 1 heterocycles. The van der Waals surface area contributed by atoms with Crippen LogP contribution in [0.2, 0.25) is 5.02 Å². The van der Waals surface area contributed by atoms with Crippen molar-refractivity contribution in [2.24, 2.45) is 0 Å². The Labute approximate surface area is 170 Å². The maximum absolute atomic E-state index is 9.77. The smallest absolute Gasteiger partial charge is 0.102 e. The second kappa shape index (κ2) is 8.52. The third-order valence-corrected chi connectivity index (χ3v) is 5.52. The van der Waals surface area contributed by atoms with E-state index in [1.54, 1.807) is 0 Å². The molecule has 0 aliphatic carbocycles. The van der Waals surface area contributed by atoms with Gasteiger partial charge in [0.05, 0.1) is 5.56 Å². The largest absolute Gasteiger partial charge is 0.399 e. The maximum atomic E-state index is 9.77. The third-order valence-electron chi connectivity index (χ3n) is 5.15. The molecular weight excluding hydrogens is 370 g/mol. The summed E-state index contributed by atoms with van der Waals surface area (Å²) in [5.41, 5.74) is 13.3. The van der Waals surface area contributed by atoms with Crippen molar-refractivity contribution in [2.45, 2.75) is 33.2 Å². The van der Waals surface area contributed by atoms with E-state index >= 15 is 0 Å². The molecule has 0 saturated heterocycles. The van der Waals surface area contributed by atoms with Gasteiger partial charge in [-0.15, -0.1) is 0 Å². The topological polar surface area (TPSA) is 75.0 Å². The predicted molar refractivity (Wildman–Crippen MR) is 114 cm³/mol. The molecule has 2 aromatic carbocycles. The van der Waals surface area contributed by atoms with Crippen LogP contribution in [0.4, 0.5) is 5.69 Å². The summed E-state index contributed by atoms with van der Waals surface area (Å²) in [6.45, 7) is 4.83. The number of aliphatic hydroxyl groups is 1. The second-order valence-corrected chi connectivity index (χ2v) is 7.40. The van der Waals surface area contributed by atoms with Gasteiger partial charge in [-0.25, -0.2) is 0 Å². The Balaban J connectivity index is 2.02. The molecule has 0 spiro atoms. The van der Waals surface area contributed by atoms with Gasteiger partial charge in [0.1, 0.15) is 6.07 Å². The van der Waals surface area contributed by atoms with E-state index in [-0.39, 0.29) is 6.61 Å². The Morgan fingerprint density at radius 2 is 1.82 bits per heavy atom. The molecule has 0 radical (unpaired) electrons. The molecule has 0 aliphatic heterocycles. The number of nitriles is 1. The summed E-state index contributed by atoms with van der Waals surface area (Å²) in [5.74, 6) is 0. The van der Waals surface area contributed by atoms with Gasteiger partial charge in [-0.1, -0.05) is 35.9 Å². The fraction of sp³-hybridized carbons (Fsp3) is 0.261. The molecular formula is C23H24ClN3O. The molecule has 0 aliphatic rings. The zero-order chi connectivity index (χ0) is 20.3. The van der Waals surface area contributed by atoms with Crippen LogP contribution in [-0.2, 0) is 13.0 Å². The first-order chi connectivity index (χ1) is 13.5. The standard InChI is InChI=1S/C23H24ClN3O/c1-15-21(13-25)23(18-6-8-20(26)9-7-18)16(2)27(15)14-17-5-10-22(24)19(12-17)4-3-11-28/h5-10,12,28H,3-4,11,14,26H2,1-2H3. The molecule has 0 fully saturated rings. The number of anilines is 1. The van der Waals surface area contributed by atoms with E-state index in [1.807, 2.05) is 50.2 Å². The number of benzene rings is 2. The van der Waals surface area contributed by atoms with Crippen LogP contribution >= 0.6 is 11.6 Å². The van der Waals surface area contributed by atoms with E-state index < -0.39 is 0 Å². The first-order valence-electron chi connectivity index (χ1n) is 9.30. The third kappa shape index (κ3) is 3.91. The van der Waals surface area contributed by atoms with Crippen molar-refractivity contribution in [3.8, 4) is 17.2 Å². The molecule has 0 saturated carbocycles. The molecule has 1 aromatic heterocycles. The van der Waals surface area contributed by atoms with Crippen molar-refractivity contribution in [2.75, 3.05) is 12.3 Å². The van der Waals surface area contributed by atoms with Gasteiger partial charge < -0.3 is 15.4 Å². The van der Waals surface area contributed by atoms with E-state index in [1.165, 1.54) is 0 Å². The Kier molecular flexibility index (Phi) is 6.08. The van der Waals surface area contributed by atoms with Crippen molar-refractivity contribution in [1.82, 2.24) is 4.57 Å². The minimum atomic E-state index is 0.146. The van der Waals surface area contributed by atoms with Crippen molar-refractivity contribution >= 4 is 17.3 Å². The Morgan fingerprint density at radius 3 is 2.46 bits per heavy atom. The lowest BCUT2D eigenvalue weighted by atomic mass is 10.0. The van der Waals surface area contributed by atoms with E-state index in [4.69, 9.17) is 22.4 Å². The Bertz CT molecular complexity index is 1030. The summed E-state index contributed by atoms with van der Waals surface area (Å²) in [7, 11) is 0. The molecule has 3 N–H and O–H groups in total. The number of nitrogens with zero attached hydrogens (tertiary/aromatic N) is 2. The molecule has 0 amide bonds. The van der Waals surface area contributed by atoms with Gasteiger partial charge in [0.2, 0.25) is 0 Å². The molecule has 0 unspecified atom stereocenters. The van der Waals surface area contributed by atoms with Crippen LogP contribution in [0.1, 0.15) is 34.5 Å². The highest BCUT2D eigenvalue weighted by Gasteiger charge is 2.19. The number of nitrogen functional groups attached to an aromatic ring is 1. The van der Waals surface area contributed by atoms with E-state index in [0.29, 0.717) is 24.2 Å². The lowest BCUT2D eigenvalue weighted by Gasteiger charge is -2.12. The zero-order valence-corrected chi connectivity index (χ0v) is 16.9. The van der Waals surface area contributed by atoms with Crippen LogP contribution in [0, 0.1) is 25.2 Å². The van der Waals surface area contributed by atoms with Gasteiger partial charge in [0.15, 0.2) is 0 Å².